The summed E-state index contributed by atoms with van der Waals surface area (Å²) in [7, 11) is -1.52. The van der Waals surface area contributed by atoms with Gasteiger partial charge in [-0.15, -0.1) is 0 Å². The minimum absolute atomic E-state index is 0.143. The van der Waals surface area contributed by atoms with E-state index >= 15 is 0 Å². The highest BCUT2D eigenvalue weighted by Gasteiger charge is 2.16. The molecule has 21 heavy (non-hydrogen) atoms. The van der Waals surface area contributed by atoms with E-state index in [2.05, 4.69) is 14.6 Å². The number of para-hydroxylation sites is 1. The summed E-state index contributed by atoms with van der Waals surface area (Å²) < 4.78 is 26.8. The van der Waals surface area contributed by atoms with Gasteiger partial charge in [-0.25, -0.2) is 18.1 Å². The van der Waals surface area contributed by atoms with Crippen LogP contribution in [0, 0.1) is 0 Å². The Morgan fingerprint density at radius 2 is 2.05 bits per heavy atom. The first kappa shape index (κ1) is 16.2. The van der Waals surface area contributed by atoms with Crippen LogP contribution in [0.25, 0.3) is 0 Å². The number of nitrogens with zero attached hydrogens (tertiary/aromatic N) is 2. The summed E-state index contributed by atoms with van der Waals surface area (Å²) >= 11 is 6.60. The van der Waals surface area contributed by atoms with Crippen LogP contribution in [-0.4, -0.2) is 33.5 Å². The SMILES string of the molecule is CN(CCCNS(=O)(=O)c1cnc(Cl)s1)c1ccccc1. The number of nitrogens with one attached hydrogen (secondary N) is 1. The van der Waals surface area contributed by atoms with Gasteiger partial charge in [0.2, 0.25) is 0 Å². The van der Waals surface area contributed by atoms with Crippen LogP contribution in [0.4, 0.5) is 5.69 Å². The Balaban J connectivity index is 1.80. The largest absolute Gasteiger partial charge is 0.375 e. The molecule has 0 radical (unpaired) electrons. The number of aromatic nitrogens is 1. The van der Waals surface area contributed by atoms with Gasteiger partial charge in [0, 0.05) is 25.8 Å². The summed E-state index contributed by atoms with van der Waals surface area (Å²) in [5, 5.41) is 0. The maximum absolute atomic E-state index is 11.9. The van der Waals surface area contributed by atoms with Crippen molar-refractivity contribution < 1.29 is 8.42 Å². The number of hydrogen-bond donors (Lipinski definition) is 1. The fraction of sp³-hybridized carbons (Fsp3) is 0.308. The van der Waals surface area contributed by atoms with Gasteiger partial charge >= 0.3 is 0 Å². The van der Waals surface area contributed by atoms with Crippen molar-refractivity contribution in [1.29, 1.82) is 0 Å². The Hall–Kier alpha value is -1.15. The van der Waals surface area contributed by atoms with Crippen LogP contribution in [0.15, 0.2) is 40.7 Å². The number of rotatable bonds is 7. The molecule has 2 rings (SSSR count). The Labute approximate surface area is 133 Å². The summed E-state index contributed by atoms with van der Waals surface area (Å²) in [5.41, 5.74) is 1.11. The molecule has 0 amide bonds. The van der Waals surface area contributed by atoms with Gasteiger partial charge in [0.1, 0.15) is 0 Å². The van der Waals surface area contributed by atoms with Gasteiger partial charge < -0.3 is 4.90 Å². The van der Waals surface area contributed by atoms with Gasteiger partial charge in [0.15, 0.2) is 8.68 Å². The Morgan fingerprint density at radius 3 is 2.67 bits per heavy atom. The van der Waals surface area contributed by atoms with E-state index in [1.54, 1.807) is 0 Å². The lowest BCUT2D eigenvalue weighted by molar-refractivity contribution is 0.581. The van der Waals surface area contributed by atoms with Crippen molar-refractivity contribution in [2.24, 2.45) is 0 Å². The fourth-order valence-electron chi connectivity index (χ4n) is 1.77. The Kier molecular flexibility index (Phi) is 5.58. The second-order valence-corrected chi connectivity index (χ2v) is 8.05. The highest BCUT2D eigenvalue weighted by Crippen LogP contribution is 2.22. The lowest BCUT2D eigenvalue weighted by Crippen LogP contribution is -2.27. The van der Waals surface area contributed by atoms with E-state index in [9.17, 15) is 8.42 Å². The van der Waals surface area contributed by atoms with Crippen LogP contribution in [0.2, 0.25) is 4.47 Å². The van der Waals surface area contributed by atoms with Crippen molar-refractivity contribution in [2.75, 3.05) is 25.0 Å². The van der Waals surface area contributed by atoms with Gasteiger partial charge in [-0.2, -0.15) is 0 Å². The van der Waals surface area contributed by atoms with Crippen LogP contribution in [-0.2, 0) is 10.0 Å². The zero-order valence-corrected chi connectivity index (χ0v) is 13.9. The van der Waals surface area contributed by atoms with E-state index in [1.807, 2.05) is 37.4 Å². The van der Waals surface area contributed by atoms with Gasteiger partial charge in [-0.1, -0.05) is 41.1 Å². The molecule has 114 valence electrons. The van der Waals surface area contributed by atoms with Crippen molar-refractivity contribution in [2.45, 2.75) is 10.6 Å². The number of anilines is 1. The molecule has 0 aliphatic heterocycles. The summed E-state index contributed by atoms with van der Waals surface area (Å²) in [6.45, 7) is 1.13. The minimum atomic E-state index is -3.50. The maximum atomic E-state index is 11.9. The van der Waals surface area contributed by atoms with Gasteiger partial charge in [-0.3, -0.25) is 0 Å². The average Bonchev–Trinajstić information content (AvgIpc) is 2.92. The lowest BCUT2D eigenvalue weighted by Gasteiger charge is -2.19. The van der Waals surface area contributed by atoms with Gasteiger partial charge in [0.25, 0.3) is 10.0 Å². The van der Waals surface area contributed by atoms with Crippen LogP contribution in [0.5, 0.6) is 0 Å². The summed E-state index contributed by atoms with van der Waals surface area (Å²) in [6.07, 6.45) is 1.97. The molecule has 0 unspecified atom stereocenters. The summed E-state index contributed by atoms with van der Waals surface area (Å²) in [6, 6.07) is 9.95. The van der Waals surface area contributed by atoms with E-state index in [0.29, 0.717) is 13.0 Å². The first-order valence-electron chi connectivity index (χ1n) is 6.36. The molecule has 0 bridgehead atoms. The van der Waals surface area contributed by atoms with Gasteiger partial charge in [-0.05, 0) is 18.6 Å². The molecule has 0 saturated heterocycles. The van der Waals surface area contributed by atoms with Crippen molar-refractivity contribution in [3.05, 3.63) is 41.0 Å². The van der Waals surface area contributed by atoms with Gasteiger partial charge in [0.05, 0.1) is 6.20 Å². The first-order valence-corrected chi connectivity index (χ1v) is 9.04. The molecule has 1 aromatic heterocycles. The van der Waals surface area contributed by atoms with Crippen LogP contribution >= 0.6 is 22.9 Å². The monoisotopic (exact) mass is 345 g/mol. The minimum Gasteiger partial charge on any atom is -0.375 e. The fourth-order valence-corrected chi connectivity index (χ4v) is 4.18. The normalized spacial score (nSPS) is 11.5. The standard InChI is InChI=1S/C13H16ClN3O2S2/c1-17(11-6-3-2-4-7-11)9-5-8-16-21(18,19)12-10-15-13(14)20-12/h2-4,6-7,10,16H,5,8-9H2,1H3. The second-order valence-electron chi connectivity index (χ2n) is 4.44. The number of benzene rings is 1. The number of halogens is 1. The molecule has 1 aromatic carbocycles. The topological polar surface area (TPSA) is 62.3 Å². The maximum Gasteiger partial charge on any atom is 0.251 e. The van der Waals surface area contributed by atoms with Crippen molar-refractivity contribution in [3.63, 3.8) is 0 Å². The predicted molar refractivity (Wildman–Crippen MR) is 86.6 cm³/mol. The molecule has 0 atom stereocenters. The summed E-state index contributed by atoms with van der Waals surface area (Å²) in [5.74, 6) is 0. The van der Waals surface area contributed by atoms with Crippen LogP contribution < -0.4 is 9.62 Å². The molecule has 5 nitrogen and oxygen atoms in total. The number of hydrogen-bond acceptors (Lipinski definition) is 5. The number of thiazole rings is 1. The summed E-state index contributed by atoms with van der Waals surface area (Å²) in [4.78, 5) is 5.82. The molecule has 2 aromatic rings. The molecular formula is C13H16ClN3O2S2. The third-order valence-corrected chi connectivity index (χ3v) is 5.92. The quantitative estimate of drug-likeness (QED) is 0.783. The molecule has 0 spiro atoms. The molecule has 1 heterocycles. The molecule has 0 saturated carbocycles. The highest BCUT2D eigenvalue weighted by atomic mass is 35.5. The first-order chi connectivity index (χ1) is 9.99. The smallest absolute Gasteiger partial charge is 0.251 e. The molecule has 0 fully saturated rings. The molecule has 0 aliphatic carbocycles. The highest BCUT2D eigenvalue weighted by molar-refractivity contribution is 7.91. The van der Waals surface area contributed by atoms with E-state index in [4.69, 9.17) is 11.6 Å². The average molecular weight is 346 g/mol. The molecule has 0 aliphatic rings. The van der Waals surface area contributed by atoms with E-state index in [0.717, 1.165) is 23.6 Å². The van der Waals surface area contributed by atoms with E-state index in [1.165, 1.54) is 6.20 Å². The molecular weight excluding hydrogens is 330 g/mol. The zero-order valence-electron chi connectivity index (χ0n) is 11.5. The second kappa shape index (κ2) is 7.22. The number of sulfonamides is 1. The van der Waals surface area contributed by atoms with Crippen molar-refractivity contribution >= 4 is 38.6 Å². The van der Waals surface area contributed by atoms with Crippen molar-refractivity contribution in [1.82, 2.24) is 9.71 Å². The molecule has 8 heteroatoms. The zero-order chi connectivity index (χ0) is 15.3. The van der Waals surface area contributed by atoms with E-state index < -0.39 is 10.0 Å². The third kappa shape index (κ3) is 4.67. The Bertz CT molecular complexity index is 674. The third-order valence-electron chi connectivity index (χ3n) is 2.88. The van der Waals surface area contributed by atoms with E-state index in [-0.39, 0.29) is 8.68 Å². The Morgan fingerprint density at radius 1 is 1.33 bits per heavy atom. The van der Waals surface area contributed by atoms with Crippen LogP contribution in [0.1, 0.15) is 6.42 Å². The predicted octanol–water partition coefficient (Wildman–Crippen LogP) is 2.60. The lowest BCUT2D eigenvalue weighted by atomic mass is 10.3. The van der Waals surface area contributed by atoms with Crippen molar-refractivity contribution in [3.8, 4) is 0 Å². The van der Waals surface area contributed by atoms with Crippen LogP contribution in [0.3, 0.4) is 0 Å². The molecule has 1 N–H and O–H groups in total.